The largest absolute Gasteiger partial charge is 0.369 e. The van der Waals surface area contributed by atoms with Gasteiger partial charge in [-0.2, -0.15) is 0 Å². The van der Waals surface area contributed by atoms with Crippen LogP contribution in [-0.4, -0.2) is 16.5 Å². The predicted molar refractivity (Wildman–Crippen MR) is 48.6 cm³/mol. The monoisotopic (exact) mass is 215 g/mol. The van der Waals surface area contributed by atoms with Crippen molar-refractivity contribution in [2.45, 2.75) is 13.8 Å². The predicted octanol–water partition coefficient (Wildman–Crippen LogP) is 1.98. The second kappa shape index (κ2) is 3.67. The van der Waals surface area contributed by atoms with E-state index in [2.05, 4.69) is 31.2 Å². The number of nitrogens with one attached hydrogen (secondary N) is 1. The van der Waals surface area contributed by atoms with Gasteiger partial charge in [-0.1, -0.05) is 0 Å². The van der Waals surface area contributed by atoms with Crippen molar-refractivity contribution in [2.24, 2.45) is 0 Å². The Hall–Kier alpha value is -0.640. The molecule has 11 heavy (non-hydrogen) atoms. The van der Waals surface area contributed by atoms with Crippen LogP contribution in [0.15, 0.2) is 10.8 Å². The Kier molecular flexibility index (Phi) is 2.82. The summed E-state index contributed by atoms with van der Waals surface area (Å²) in [7, 11) is 0. The summed E-state index contributed by atoms with van der Waals surface area (Å²) in [5.74, 6) is 0.861. The quantitative estimate of drug-likeness (QED) is 0.821. The number of hydrogen-bond donors (Lipinski definition) is 1. The van der Waals surface area contributed by atoms with Crippen molar-refractivity contribution >= 4 is 21.7 Å². The fraction of sp³-hybridized carbons (Fsp3) is 0.429. The minimum absolute atomic E-state index is 0.861. The van der Waals surface area contributed by atoms with E-state index in [1.807, 2.05) is 13.8 Å². The average molecular weight is 216 g/mol. The number of hydrogen-bond acceptors (Lipinski definition) is 3. The Balaban J connectivity index is 2.96. The van der Waals surface area contributed by atoms with Crippen LogP contribution in [0.5, 0.6) is 0 Å². The number of aryl methyl sites for hydroxylation is 1. The highest BCUT2D eigenvalue weighted by Gasteiger charge is 2.01. The Bertz CT molecular complexity index is 249. The molecule has 1 heterocycles. The van der Waals surface area contributed by atoms with E-state index in [0.29, 0.717) is 0 Å². The fourth-order valence-corrected chi connectivity index (χ4v) is 1.09. The zero-order valence-electron chi connectivity index (χ0n) is 6.56. The van der Waals surface area contributed by atoms with Crippen molar-refractivity contribution in [1.82, 2.24) is 9.97 Å². The molecule has 0 aliphatic carbocycles. The van der Waals surface area contributed by atoms with Crippen LogP contribution >= 0.6 is 15.9 Å². The normalized spacial score (nSPS) is 9.73. The van der Waals surface area contributed by atoms with Crippen LogP contribution in [0.2, 0.25) is 0 Å². The van der Waals surface area contributed by atoms with E-state index in [9.17, 15) is 0 Å². The lowest BCUT2D eigenvalue weighted by Crippen LogP contribution is -2.01. The molecule has 1 aromatic rings. The van der Waals surface area contributed by atoms with Gasteiger partial charge in [0.2, 0.25) is 0 Å². The third-order valence-corrected chi connectivity index (χ3v) is 2.26. The molecule has 3 nitrogen and oxygen atoms in total. The van der Waals surface area contributed by atoms with E-state index >= 15 is 0 Å². The Morgan fingerprint density at radius 1 is 1.55 bits per heavy atom. The number of aromatic nitrogens is 2. The standard InChI is InChI=1S/C7H10BrN3/c1-3-9-7-6(8)5(2)10-4-11-7/h4H,3H2,1-2H3,(H,9,10,11). The molecule has 0 bridgehead atoms. The molecule has 1 rings (SSSR count). The molecule has 4 heteroatoms. The molecule has 0 aromatic carbocycles. The zero-order valence-corrected chi connectivity index (χ0v) is 8.14. The summed E-state index contributed by atoms with van der Waals surface area (Å²) in [5, 5.41) is 3.12. The minimum Gasteiger partial charge on any atom is -0.369 e. The molecule has 1 aromatic heterocycles. The molecule has 0 saturated carbocycles. The molecule has 0 fully saturated rings. The van der Waals surface area contributed by atoms with E-state index in [1.54, 1.807) is 6.33 Å². The van der Waals surface area contributed by atoms with Crippen LogP contribution in [0, 0.1) is 6.92 Å². The molecule has 0 unspecified atom stereocenters. The van der Waals surface area contributed by atoms with Crippen molar-refractivity contribution < 1.29 is 0 Å². The Labute approximate surface area is 74.4 Å². The first-order chi connectivity index (χ1) is 5.25. The molecule has 0 radical (unpaired) electrons. The summed E-state index contributed by atoms with van der Waals surface area (Å²) in [6, 6.07) is 0. The summed E-state index contributed by atoms with van der Waals surface area (Å²) in [5.41, 5.74) is 0.955. The highest BCUT2D eigenvalue weighted by atomic mass is 79.9. The SMILES string of the molecule is CCNc1ncnc(C)c1Br. The first kappa shape index (κ1) is 8.46. The minimum atomic E-state index is 0.861. The molecule has 0 aliphatic heterocycles. The van der Waals surface area contributed by atoms with Crippen molar-refractivity contribution in [3.63, 3.8) is 0 Å². The smallest absolute Gasteiger partial charge is 0.144 e. The third-order valence-electron chi connectivity index (χ3n) is 1.31. The summed E-state index contributed by atoms with van der Waals surface area (Å²) < 4.78 is 0.946. The van der Waals surface area contributed by atoms with Crippen molar-refractivity contribution in [3.8, 4) is 0 Å². The molecule has 0 aliphatic rings. The molecule has 0 spiro atoms. The summed E-state index contributed by atoms with van der Waals surface area (Å²) in [4.78, 5) is 8.08. The van der Waals surface area contributed by atoms with Crippen molar-refractivity contribution in [2.75, 3.05) is 11.9 Å². The van der Waals surface area contributed by atoms with Crippen LogP contribution in [0.1, 0.15) is 12.6 Å². The maximum atomic E-state index is 4.06. The van der Waals surface area contributed by atoms with Gasteiger partial charge in [-0.3, -0.25) is 0 Å². The second-order valence-electron chi connectivity index (χ2n) is 2.15. The van der Waals surface area contributed by atoms with Crippen molar-refractivity contribution in [3.05, 3.63) is 16.5 Å². The summed E-state index contributed by atoms with van der Waals surface area (Å²) in [6.45, 7) is 4.84. The van der Waals surface area contributed by atoms with Gasteiger partial charge in [0.15, 0.2) is 0 Å². The number of nitrogens with zero attached hydrogens (tertiary/aromatic N) is 2. The number of rotatable bonds is 2. The van der Waals surface area contributed by atoms with Crippen LogP contribution in [0.3, 0.4) is 0 Å². The average Bonchev–Trinajstić information content (AvgIpc) is 1.99. The zero-order chi connectivity index (χ0) is 8.27. The van der Waals surface area contributed by atoms with Gasteiger partial charge < -0.3 is 5.32 Å². The maximum Gasteiger partial charge on any atom is 0.144 e. The van der Waals surface area contributed by atoms with Gasteiger partial charge in [0.25, 0.3) is 0 Å². The lowest BCUT2D eigenvalue weighted by atomic mass is 10.4. The first-order valence-electron chi connectivity index (χ1n) is 3.46. The topological polar surface area (TPSA) is 37.8 Å². The number of halogens is 1. The van der Waals surface area contributed by atoms with Gasteiger partial charge >= 0.3 is 0 Å². The molecule has 0 amide bonds. The molecule has 1 N–H and O–H groups in total. The summed E-state index contributed by atoms with van der Waals surface area (Å²) >= 11 is 3.39. The Morgan fingerprint density at radius 3 is 2.91 bits per heavy atom. The van der Waals surface area contributed by atoms with Gasteiger partial charge in [0, 0.05) is 6.54 Å². The maximum absolute atomic E-state index is 4.06. The van der Waals surface area contributed by atoms with E-state index < -0.39 is 0 Å². The molecular formula is C7H10BrN3. The van der Waals surface area contributed by atoms with Crippen molar-refractivity contribution in [1.29, 1.82) is 0 Å². The molecule has 60 valence electrons. The van der Waals surface area contributed by atoms with E-state index in [4.69, 9.17) is 0 Å². The molecule has 0 saturated heterocycles. The highest BCUT2D eigenvalue weighted by Crippen LogP contribution is 2.20. The van der Waals surface area contributed by atoms with Crippen LogP contribution in [0.25, 0.3) is 0 Å². The van der Waals surface area contributed by atoms with Gasteiger partial charge in [-0.25, -0.2) is 9.97 Å². The lowest BCUT2D eigenvalue weighted by Gasteiger charge is -2.04. The van der Waals surface area contributed by atoms with Crippen LogP contribution < -0.4 is 5.32 Å². The van der Waals surface area contributed by atoms with Gasteiger partial charge in [-0.15, -0.1) is 0 Å². The second-order valence-corrected chi connectivity index (χ2v) is 2.94. The molecular weight excluding hydrogens is 206 g/mol. The van der Waals surface area contributed by atoms with E-state index in [-0.39, 0.29) is 0 Å². The van der Waals surface area contributed by atoms with Gasteiger partial charge in [-0.05, 0) is 29.8 Å². The van der Waals surface area contributed by atoms with Gasteiger partial charge in [0.1, 0.15) is 12.1 Å². The summed E-state index contributed by atoms with van der Waals surface area (Å²) in [6.07, 6.45) is 1.55. The third kappa shape index (κ3) is 1.89. The van der Waals surface area contributed by atoms with Crippen LogP contribution in [-0.2, 0) is 0 Å². The van der Waals surface area contributed by atoms with Gasteiger partial charge in [0.05, 0.1) is 10.2 Å². The molecule has 0 atom stereocenters. The fourth-order valence-electron chi connectivity index (χ4n) is 0.749. The van der Waals surface area contributed by atoms with E-state index in [0.717, 1.165) is 22.5 Å². The lowest BCUT2D eigenvalue weighted by molar-refractivity contribution is 1.06. The van der Waals surface area contributed by atoms with Crippen LogP contribution in [0.4, 0.5) is 5.82 Å². The van der Waals surface area contributed by atoms with E-state index in [1.165, 1.54) is 0 Å². The Morgan fingerprint density at radius 2 is 2.27 bits per heavy atom. The highest BCUT2D eigenvalue weighted by molar-refractivity contribution is 9.10. The number of anilines is 1. The first-order valence-corrected chi connectivity index (χ1v) is 4.26.